The minimum Gasteiger partial charge on any atom is -0.367 e. The van der Waals surface area contributed by atoms with E-state index in [9.17, 15) is 9.59 Å². The highest BCUT2D eigenvalue weighted by Gasteiger charge is 2.29. The van der Waals surface area contributed by atoms with E-state index in [0.29, 0.717) is 17.8 Å². The molecule has 5 aliphatic heterocycles. The Balaban J connectivity index is 0.000000109. The average Bonchev–Trinajstić information content (AvgIpc) is 1.63. The zero-order chi connectivity index (χ0) is 101. The largest absolute Gasteiger partial charge is 0.367 e. The van der Waals surface area contributed by atoms with Gasteiger partial charge in [0, 0.05) is 198 Å². The summed E-state index contributed by atoms with van der Waals surface area (Å²) < 4.78 is 0. The van der Waals surface area contributed by atoms with Crippen molar-refractivity contribution in [3.63, 3.8) is 0 Å². The fourth-order valence-electron chi connectivity index (χ4n) is 20.7. The number of likely N-dealkylation sites (tertiary alicyclic amines) is 1. The van der Waals surface area contributed by atoms with Gasteiger partial charge in [0.1, 0.15) is 44.8 Å². The Hall–Kier alpha value is -16.7. The number of para-hydroxylation sites is 4. The van der Waals surface area contributed by atoms with E-state index < -0.39 is 5.41 Å². The molecule has 17 heterocycles. The number of aromatic nitrogens is 20. The highest BCUT2D eigenvalue weighted by molar-refractivity contribution is 6.04. The van der Waals surface area contributed by atoms with Crippen LogP contribution in [0.25, 0.3) is 178 Å². The van der Waals surface area contributed by atoms with Gasteiger partial charge in [0.15, 0.2) is 23.3 Å². The van der Waals surface area contributed by atoms with Crippen LogP contribution < -0.4 is 30.2 Å². The molecule has 0 radical (unpaired) electrons. The van der Waals surface area contributed by atoms with Gasteiger partial charge in [0.2, 0.25) is 11.8 Å². The summed E-state index contributed by atoms with van der Waals surface area (Å²) in [7, 11) is 8.68. The Labute approximate surface area is 861 Å². The Kier molecular flexibility index (Phi) is 26.8. The van der Waals surface area contributed by atoms with Crippen molar-refractivity contribution in [3.05, 3.63) is 266 Å². The number of pyridine rings is 4. The van der Waals surface area contributed by atoms with Crippen LogP contribution in [0, 0.1) is 12.3 Å². The number of hydrogen-bond donors (Lipinski definition) is 10. The lowest BCUT2D eigenvalue weighted by molar-refractivity contribution is -0.123. The Morgan fingerprint density at radius 2 is 0.678 bits per heavy atom. The number of benzene rings is 9. The minimum atomic E-state index is -0.489. The van der Waals surface area contributed by atoms with Gasteiger partial charge < -0.3 is 69.8 Å². The summed E-state index contributed by atoms with van der Waals surface area (Å²) in [6.45, 7) is 27.5. The van der Waals surface area contributed by atoms with E-state index in [2.05, 4.69) is 298 Å². The molecule has 21 aromatic rings. The molecule has 0 saturated carbocycles. The van der Waals surface area contributed by atoms with E-state index in [1.54, 1.807) is 24.8 Å². The smallest absolute Gasteiger partial charge is 0.229 e. The predicted molar refractivity (Wildman–Crippen MR) is 597 cm³/mol. The fraction of sp³-hybridized carbons (Fsp3) is 0.276. The molecule has 33 nitrogen and oxygen atoms in total. The lowest BCUT2D eigenvalue weighted by Gasteiger charge is -2.34. The number of likely N-dealkylation sites (N-methyl/N-ethyl adjacent to an activating group) is 4. The molecule has 2 amide bonds. The number of carbonyl (C=O) groups is 2. The standard InChI is InChI=1S/C32H30N8O.C30H34N8.C29H32N8O.C25H25N7/c1-39-12-14-40(15-13-39)28-9-5-8-27-31(28)36-32(35-27)30-25-18-22(10-11-26(25)37-38-30)23-17-24(20-33-19-23)34-29(41)16-21-6-3-2-4-7-21;1-36-12-14-38(15-13-36)27-7-5-6-26-29(27)33-30(32-26)28-24-17-22(8-9-25(24)34-35-28)23-16-21(18-31-19-23)20-37-10-3-2-4-11-37;1-29(2,3)28(38)31-20-14-19(16-30-17-20)18-8-9-22-21(15-18)25(35-34-22)27-32-23-6-5-7-24(26(23)33-27)37-12-10-36(4)11-13-37;1-16-8-9-26-15-19(16)17-6-7-20-18(14-17)23(30-29-20)25-27-21-4-3-5-22(24(21)28-25)32-12-10-31(2)11-13-32/h2-11,17-20H,12-16H2,1H3,(H,34,41)(H,35,36)(H,37,38);5-9,16-19H,2-4,10-15,20H2,1H3,(H,32,33)(H,34,35);5-9,14-17H,10-13H2,1-4H3,(H,31,38)(H,32,33)(H,34,35);3-9,14-15H,10-13H2,1-2H3,(H,27,28)(H,29,30). The first-order valence-electron chi connectivity index (χ1n) is 51.5. The number of hydrogen-bond acceptors (Lipinski definition) is 23. The second-order valence-corrected chi connectivity index (χ2v) is 41.0. The number of nitrogens with zero attached hydrogens (tertiary/aromatic N) is 21. The first kappa shape index (κ1) is 95.8. The number of piperazine rings is 4. The molecule has 752 valence electrons. The summed E-state index contributed by atoms with van der Waals surface area (Å²) in [5, 5.41) is 41.2. The van der Waals surface area contributed by atoms with Gasteiger partial charge >= 0.3 is 0 Å². The maximum absolute atomic E-state index is 12.6. The van der Waals surface area contributed by atoms with Crippen molar-refractivity contribution in [2.24, 2.45) is 5.41 Å². The van der Waals surface area contributed by atoms with Crippen LogP contribution in [0.1, 0.15) is 56.7 Å². The van der Waals surface area contributed by atoms with Crippen LogP contribution in [0.3, 0.4) is 0 Å². The predicted octanol–water partition coefficient (Wildman–Crippen LogP) is 19.1. The number of carbonyl (C=O) groups excluding carboxylic acids is 2. The molecule has 26 rings (SSSR count). The molecule has 0 aliphatic carbocycles. The van der Waals surface area contributed by atoms with Crippen molar-refractivity contribution < 1.29 is 9.59 Å². The number of nitrogens with one attached hydrogen (secondary N) is 10. The Bertz CT molecular complexity index is 8430. The van der Waals surface area contributed by atoms with Crippen LogP contribution in [-0.2, 0) is 22.6 Å². The zero-order valence-electron chi connectivity index (χ0n) is 85.1. The number of piperidine rings is 1. The van der Waals surface area contributed by atoms with Gasteiger partial charge in [-0.15, -0.1) is 0 Å². The second kappa shape index (κ2) is 41.7. The quantitative estimate of drug-likeness (QED) is 0.0381. The van der Waals surface area contributed by atoms with E-state index >= 15 is 0 Å². The molecule has 0 bridgehead atoms. The summed E-state index contributed by atoms with van der Waals surface area (Å²) in [5.41, 5.74) is 32.3. The molecular formula is C116H121N31O2. The van der Waals surface area contributed by atoms with Crippen molar-refractivity contribution in [1.82, 2.24) is 125 Å². The number of rotatable bonds is 18. The Morgan fingerprint density at radius 3 is 1.05 bits per heavy atom. The highest BCUT2D eigenvalue weighted by atomic mass is 16.2. The summed E-state index contributed by atoms with van der Waals surface area (Å²) in [6.07, 6.45) is 18.9. The first-order chi connectivity index (χ1) is 72.7. The second-order valence-electron chi connectivity index (χ2n) is 41.0. The van der Waals surface area contributed by atoms with Gasteiger partial charge in [0.05, 0.1) is 97.1 Å². The van der Waals surface area contributed by atoms with Crippen LogP contribution in [0.2, 0.25) is 0 Å². The van der Waals surface area contributed by atoms with Crippen molar-refractivity contribution in [2.45, 2.75) is 59.9 Å². The lowest BCUT2D eigenvalue weighted by Crippen LogP contribution is -2.44. The average molecular weight is 1980 g/mol. The van der Waals surface area contributed by atoms with Crippen LogP contribution >= 0.6 is 0 Å². The van der Waals surface area contributed by atoms with Crippen molar-refractivity contribution in [3.8, 4) is 90.6 Å². The van der Waals surface area contributed by atoms with Crippen molar-refractivity contribution in [2.75, 3.05) is 176 Å². The third-order valence-electron chi connectivity index (χ3n) is 29.4. The number of H-pyrrole nitrogens is 8. The summed E-state index contributed by atoms with van der Waals surface area (Å²) in [4.78, 5) is 98.6. The highest BCUT2D eigenvalue weighted by Crippen LogP contribution is 2.41. The van der Waals surface area contributed by atoms with Crippen LogP contribution in [-0.4, -0.2) is 283 Å². The monoisotopic (exact) mass is 1980 g/mol. The van der Waals surface area contributed by atoms with E-state index in [-0.39, 0.29) is 11.8 Å². The van der Waals surface area contributed by atoms with Gasteiger partial charge in [0.25, 0.3) is 0 Å². The van der Waals surface area contributed by atoms with Gasteiger partial charge in [-0.2, -0.15) is 20.4 Å². The van der Waals surface area contributed by atoms with E-state index in [0.717, 1.165) is 307 Å². The normalized spacial score (nSPS) is 15.4. The van der Waals surface area contributed by atoms with Crippen molar-refractivity contribution >= 4 is 134 Å². The van der Waals surface area contributed by atoms with Gasteiger partial charge in [-0.25, -0.2) is 19.9 Å². The molecule has 0 unspecified atom stereocenters. The summed E-state index contributed by atoms with van der Waals surface area (Å²) in [5.74, 6) is 2.91. The van der Waals surface area contributed by atoms with E-state index in [1.807, 2.05) is 118 Å². The molecule has 12 aromatic heterocycles. The first-order valence-corrected chi connectivity index (χ1v) is 51.5. The third kappa shape index (κ3) is 20.6. The van der Waals surface area contributed by atoms with E-state index in [4.69, 9.17) is 19.9 Å². The Morgan fingerprint density at radius 1 is 0.322 bits per heavy atom. The molecule has 9 aromatic carbocycles. The molecule has 10 N–H and O–H groups in total. The number of aryl methyl sites for hydroxylation is 1. The molecule has 5 fully saturated rings. The maximum atomic E-state index is 12.6. The van der Waals surface area contributed by atoms with Crippen molar-refractivity contribution in [1.29, 1.82) is 0 Å². The molecule has 149 heavy (non-hydrogen) atoms. The van der Waals surface area contributed by atoms with E-state index in [1.165, 1.54) is 54.9 Å². The number of aromatic amines is 8. The number of imidazole rings is 4. The van der Waals surface area contributed by atoms with Gasteiger partial charge in [-0.3, -0.25) is 54.8 Å². The fourth-order valence-corrected chi connectivity index (χ4v) is 20.7. The minimum absolute atomic E-state index is 0.0511. The maximum Gasteiger partial charge on any atom is 0.229 e. The number of anilines is 6. The molecule has 0 spiro atoms. The summed E-state index contributed by atoms with van der Waals surface area (Å²) >= 11 is 0. The summed E-state index contributed by atoms with van der Waals surface area (Å²) in [6, 6.07) is 68.4. The number of amides is 2. The molecule has 5 saturated heterocycles. The topological polar surface area (TPSA) is 368 Å². The number of fused-ring (bicyclic) bond motifs is 8. The molecule has 5 aliphatic rings. The van der Waals surface area contributed by atoms with Crippen LogP contribution in [0.15, 0.2) is 250 Å². The lowest BCUT2D eigenvalue weighted by atomic mass is 9.95. The molecular weight excluding hydrogens is 1860 g/mol. The zero-order valence-corrected chi connectivity index (χ0v) is 85.1. The third-order valence-corrected chi connectivity index (χ3v) is 29.4. The van der Waals surface area contributed by atoms with Gasteiger partial charge in [-0.1, -0.05) is 106 Å². The molecule has 33 heteroatoms. The SMILES string of the molecule is CN1CCN(c2cccc3[nH]c(-c4n[nH]c5ccc(-c6cncc(CN7CCCCC7)c6)cc45)nc23)CC1.CN1CCN(c2cccc3[nH]c(-c4n[nH]c5ccc(-c6cncc(NC(=O)C(C)(C)C)c6)cc45)nc23)CC1.CN1CCN(c2cccc3[nH]c(-c4n[nH]c5ccc(-c6cncc(NC(=O)Cc7ccccc7)c6)cc45)nc23)CC1.Cc1ccncc1-c1ccc2[nH]nc(-c3nc4c(N5CCN(C)CC5)cccc4[nH]3)c2c1. The van der Waals surface area contributed by atoms with Gasteiger partial charge in [-0.05, 0) is 221 Å². The van der Waals surface area contributed by atoms with Crippen LogP contribution in [0.4, 0.5) is 34.1 Å². The van der Waals surface area contributed by atoms with Crippen LogP contribution in [0.5, 0.6) is 0 Å². The molecule has 0 atom stereocenters.